The average Bonchev–Trinajstić information content (AvgIpc) is 2.71. The molecule has 1 aliphatic heterocycles. The Morgan fingerprint density at radius 1 is 1.41 bits per heavy atom. The van der Waals surface area contributed by atoms with Gasteiger partial charge in [0.15, 0.2) is 0 Å². The topological polar surface area (TPSA) is 47.3 Å². The van der Waals surface area contributed by atoms with Crippen LogP contribution in [0.1, 0.15) is 44.4 Å². The number of ether oxygens (including phenoxy) is 1. The van der Waals surface area contributed by atoms with Gasteiger partial charge < -0.3 is 4.74 Å². The summed E-state index contributed by atoms with van der Waals surface area (Å²) in [5, 5.41) is 0. The minimum Gasteiger partial charge on any atom is -0.493 e. The van der Waals surface area contributed by atoms with Gasteiger partial charge in [0.25, 0.3) is 0 Å². The van der Waals surface area contributed by atoms with Crippen LogP contribution in [0.4, 0.5) is 0 Å². The Labute approximate surface area is 103 Å². The lowest BCUT2D eigenvalue weighted by molar-refractivity contribution is 0.313. The first-order chi connectivity index (χ1) is 7.99. The van der Waals surface area contributed by atoms with Gasteiger partial charge in [-0.25, -0.2) is 0 Å². The standard InChI is InChI=1S/C14H22N2O/c1-14(2,3)9-12(16-15)10-4-5-13-11(8-10)6-7-17-13/h4-5,8,12,16H,6-7,9,15H2,1-3H3. The van der Waals surface area contributed by atoms with Crippen molar-refractivity contribution in [2.24, 2.45) is 11.3 Å². The Morgan fingerprint density at radius 2 is 2.18 bits per heavy atom. The van der Waals surface area contributed by atoms with E-state index >= 15 is 0 Å². The first kappa shape index (κ1) is 12.4. The van der Waals surface area contributed by atoms with E-state index in [1.54, 1.807) is 0 Å². The van der Waals surface area contributed by atoms with Gasteiger partial charge in [-0.15, -0.1) is 0 Å². The first-order valence-electron chi connectivity index (χ1n) is 6.21. The van der Waals surface area contributed by atoms with E-state index < -0.39 is 0 Å². The molecule has 1 atom stereocenters. The summed E-state index contributed by atoms with van der Waals surface area (Å²) in [6.45, 7) is 7.49. The van der Waals surface area contributed by atoms with Crippen molar-refractivity contribution in [1.29, 1.82) is 0 Å². The highest BCUT2D eigenvalue weighted by atomic mass is 16.5. The Morgan fingerprint density at radius 3 is 2.82 bits per heavy atom. The molecule has 0 aromatic heterocycles. The zero-order chi connectivity index (χ0) is 12.5. The van der Waals surface area contributed by atoms with Crippen LogP contribution in [-0.2, 0) is 6.42 Å². The van der Waals surface area contributed by atoms with Gasteiger partial charge in [0.1, 0.15) is 5.75 Å². The van der Waals surface area contributed by atoms with Gasteiger partial charge in [0.2, 0.25) is 0 Å². The van der Waals surface area contributed by atoms with E-state index in [-0.39, 0.29) is 11.5 Å². The summed E-state index contributed by atoms with van der Waals surface area (Å²) in [5.41, 5.74) is 5.74. The maximum atomic E-state index is 5.68. The average molecular weight is 234 g/mol. The Bertz CT molecular complexity index is 396. The van der Waals surface area contributed by atoms with E-state index in [0.29, 0.717) is 0 Å². The molecule has 1 aromatic rings. The molecule has 0 amide bonds. The lowest BCUT2D eigenvalue weighted by atomic mass is 9.85. The van der Waals surface area contributed by atoms with Crippen molar-refractivity contribution in [3.8, 4) is 5.75 Å². The highest BCUT2D eigenvalue weighted by Crippen LogP contribution is 2.32. The summed E-state index contributed by atoms with van der Waals surface area (Å²) in [5.74, 6) is 6.70. The predicted octanol–water partition coefficient (Wildman–Crippen LogP) is 2.56. The molecule has 1 aromatic carbocycles. The molecule has 3 heteroatoms. The summed E-state index contributed by atoms with van der Waals surface area (Å²) in [6.07, 6.45) is 2.03. The second-order valence-electron chi connectivity index (χ2n) is 5.95. The lowest BCUT2D eigenvalue weighted by Crippen LogP contribution is -2.31. The number of hydrazine groups is 1. The summed E-state index contributed by atoms with van der Waals surface area (Å²) in [6, 6.07) is 6.60. The van der Waals surface area contributed by atoms with Crippen LogP contribution in [0.5, 0.6) is 5.75 Å². The molecule has 0 radical (unpaired) electrons. The molecule has 1 aliphatic rings. The molecule has 94 valence electrons. The molecule has 1 heterocycles. The van der Waals surface area contributed by atoms with Gasteiger partial charge in [0, 0.05) is 12.5 Å². The SMILES string of the molecule is CC(C)(C)CC(NN)c1ccc2c(c1)CCO2. The van der Waals surface area contributed by atoms with E-state index in [9.17, 15) is 0 Å². The number of hydrogen-bond donors (Lipinski definition) is 2. The first-order valence-corrected chi connectivity index (χ1v) is 6.21. The van der Waals surface area contributed by atoms with Gasteiger partial charge in [-0.05, 0) is 29.0 Å². The molecular formula is C14H22N2O. The fourth-order valence-electron chi connectivity index (χ4n) is 2.31. The second kappa shape index (κ2) is 4.67. The van der Waals surface area contributed by atoms with Gasteiger partial charge in [-0.3, -0.25) is 11.3 Å². The zero-order valence-corrected chi connectivity index (χ0v) is 10.9. The van der Waals surface area contributed by atoms with Gasteiger partial charge >= 0.3 is 0 Å². The molecule has 0 saturated heterocycles. The monoisotopic (exact) mass is 234 g/mol. The predicted molar refractivity (Wildman–Crippen MR) is 69.8 cm³/mol. The second-order valence-corrected chi connectivity index (χ2v) is 5.95. The highest BCUT2D eigenvalue weighted by Gasteiger charge is 2.21. The van der Waals surface area contributed by atoms with E-state index in [2.05, 4.69) is 44.4 Å². The van der Waals surface area contributed by atoms with Gasteiger partial charge in [-0.2, -0.15) is 0 Å². The third-order valence-corrected chi connectivity index (χ3v) is 3.13. The van der Waals surface area contributed by atoms with E-state index in [1.165, 1.54) is 11.1 Å². The van der Waals surface area contributed by atoms with Crippen LogP contribution >= 0.6 is 0 Å². The van der Waals surface area contributed by atoms with E-state index in [4.69, 9.17) is 10.6 Å². The van der Waals surface area contributed by atoms with Crippen LogP contribution in [0.2, 0.25) is 0 Å². The summed E-state index contributed by atoms with van der Waals surface area (Å²) in [4.78, 5) is 0. The molecule has 0 fully saturated rings. The van der Waals surface area contributed by atoms with Crippen LogP contribution in [0.25, 0.3) is 0 Å². The van der Waals surface area contributed by atoms with Crippen molar-refractivity contribution in [2.75, 3.05) is 6.61 Å². The molecule has 0 bridgehead atoms. The normalized spacial score (nSPS) is 16.5. The van der Waals surface area contributed by atoms with Crippen LogP contribution in [-0.4, -0.2) is 6.61 Å². The van der Waals surface area contributed by atoms with Crippen molar-refractivity contribution >= 4 is 0 Å². The van der Waals surface area contributed by atoms with Crippen molar-refractivity contribution in [3.63, 3.8) is 0 Å². The van der Waals surface area contributed by atoms with Crippen molar-refractivity contribution in [1.82, 2.24) is 5.43 Å². The summed E-state index contributed by atoms with van der Waals surface area (Å²) in [7, 11) is 0. The molecule has 0 saturated carbocycles. The minimum absolute atomic E-state index is 0.209. The highest BCUT2D eigenvalue weighted by molar-refractivity contribution is 5.40. The smallest absolute Gasteiger partial charge is 0.122 e. The van der Waals surface area contributed by atoms with Crippen LogP contribution in [0.15, 0.2) is 18.2 Å². The number of rotatable bonds is 3. The van der Waals surface area contributed by atoms with E-state index in [1.807, 2.05) is 0 Å². The van der Waals surface area contributed by atoms with Crippen molar-refractivity contribution < 1.29 is 4.74 Å². The Kier molecular flexibility index (Phi) is 3.40. The number of benzene rings is 1. The fourth-order valence-corrected chi connectivity index (χ4v) is 2.31. The van der Waals surface area contributed by atoms with Crippen LogP contribution in [0.3, 0.4) is 0 Å². The fraction of sp³-hybridized carbons (Fsp3) is 0.571. The molecule has 17 heavy (non-hydrogen) atoms. The molecule has 0 spiro atoms. The molecule has 3 nitrogen and oxygen atoms in total. The molecule has 1 unspecified atom stereocenters. The zero-order valence-electron chi connectivity index (χ0n) is 10.9. The minimum atomic E-state index is 0.209. The Balaban J connectivity index is 2.20. The summed E-state index contributed by atoms with van der Waals surface area (Å²) < 4.78 is 5.52. The lowest BCUT2D eigenvalue weighted by Gasteiger charge is -2.26. The number of hydrogen-bond acceptors (Lipinski definition) is 3. The number of nitrogens with two attached hydrogens (primary N) is 1. The van der Waals surface area contributed by atoms with E-state index in [0.717, 1.165) is 25.2 Å². The van der Waals surface area contributed by atoms with Crippen LogP contribution in [0, 0.1) is 5.41 Å². The van der Waals surface area contributed by atoms with Crippen molar-refractivity contribution in [3.05, 3.63) is 29.3 Å². The molecular weight excluding hydrogens is 212 g/mol. The van der Waals surface area contributed by atoms with Gasteiger partial charge in [0.05, 0.1) is 6.61 Å². The number of fused-ring (bicyclic) bond motifs is 1. The quantitative estimate of drug-likeness (QED) is 0.624. The third kappa shape index (κ3) is 2.99. The van der Waals surface area contributed by atoms with Crippen LogP contribution < -0.4 is 16.0 Å². The number of nitrogens with one attached hydrogen (secondary N) is 1. The van der Waals surface area contributed by atoms with Crippen molar-refractivity contribution in [2.45, 2.75) is 39.7 Å². The third-order valence-electron chi connectivity index (χ3n) is 3.13. The maximum Gasteiger partial charge on any atom is 0.122 e. The molecule has 2 rings (SSSR count). The van der Waals surface area contributed by atoms with Gasteiger partial charge in [-0.1, -0.05) is 32.9 Å². The summed E-state index contributed by atoms with van der Waals surface area (Å²) >= 11 is 0. The largest absolute Gasteiger partial charge is 0.493 e. The molecule has 0 aliphatic carbocycles. The molecule has 3 N–H and O–H groups in total. The Hall–Kier alpha value is -1.06. The maximum absolute atomic E-state index is 5.68.